The van der Waals surface area contributed by atoms with Gasteiger partial charge in [0.2, 0.25) is 0 Å². The third-order valence-corrected chi connectivity index (χ3v) is 2.88. The van der Waals surface area contributed by atoms with Crippen molar-refractivity contribution < 1.29 is 13.0 Å². The van der Waals surface area contributed by atoms with Crippen LogP contribution in [0.15, 0.2) is 12.2 Å². The highest BCUT2D eigenvalue weighted by Crippen LogP contribution is 2.08. The van der Waals surface area contributed by atoms with Crippen molar-refractivity contribution in [2.24, 2.45) is 0 Å². The number of hydrogen-bond donors (Lipinski definition) is 1. The van der Waals surface area contributed by atoms with E-state index in [0.717, 1.165) is 0 Å². The summed E-state index contributed by atoms with van der Waals surface area (Å²) in [5.74, 6) is 0. The Kier molecular flexibility index (Phi) is 4.37. The summed E-state index contributed by atoms with van der Waals surface area (Å²) in [6, 6.07) is 0. The van der Waals surface area contributed by atoms with Gasteiger partial charge in [-0.25, -0.2) is 0 Å². The molecule has 0 heterocycles. The monoisotopic (exact) mass is 178 g/mol. The van der Waals surface area contributed by atoms with Gasteiger partial charge in [0, 0.05) is 0 Å². The lowest BCUT2D eigenvalue weighted by atomic mass is 10.2. The molecule has 0 aromatic heterocycles. The Morgan fingerprint density at radius 3 is 2.36 bits per heavy atom. The van der Waals surface area contributed by atoms with Crippen LogP contribution >= 0.6 is 0 Å². The van der Waals surface area contributed by atoms with E-state index in [-0.39, 0.29) is 0 Å². The van der Waals surface area contributed by atoms with E-state index in [1.807, 2.05) is 6.92 Å². The van der Waals surface area contributed by atoms with Crippen LogP contribution in [0.4, 0.5) is 0 Å². The van der Waals surface area contributed by atoms with E-state index in [1.165, 1.54) is 0 Å². The number of rotatable bonds is 4. The summed E-state index contributed by atoms with van der Waals surface area (Å²) in [5.41, 5.74) is 0. The van der Waals surface area contributed by atoms with E-state index < -0.39 is 15.4 Å². The zero-order chi connectivity index (χ0) is 8.91. The first kappa shape index (κ1) is 10.7. The maximum atomic E-state index is 10.6. The molecule has 1 N–H and O–H groups in total. The first-order chi connectivity index (χ1) is 5.02. The van der Waals surface area contributed by atoms with Crippen molar-refractivity contribution in [3.63, 3.8) is 0 Å². The summed E-state index contributed by atoms with van der Waals surface area (Å²) in [6.07, 6.45) is 4.35. The molecule has 0 aromatic carbocycles. The van der Waals surface area contributed by atoms with Crippen LogP contribution < -0.4 is 0 Å². The van der Waals surface area contributed by atoms with Crippen LogP contribution in [0.2, 0.25) is 0 Å². The van der Waals surface area contributed by atoms with E-state index in [2.05, 4.69) is 0 Å². The molecule has 0 fully saturated rings. The third kappa shape index (κ3) is 4.16. The van der Waals surface area contributed by atoms with Gasteiger partial charge in [-0.05, 0) is 19.8 Å². The van der Waals surface area contributed by atoms with Crippen molar-refractivity contribution in [2.45, 2.75) is 31.9 Å². The second-order valence-corrected chi connectivity index (χ2v) is 4.05. The SMILES string of the molecule is C/C=C/CC(CC)S(=O)(=O)O. The molecule has 0 aromatic rings. The molecule has 0 saturated carbocycles. The Morgan fingerprint density at radius 2 is 2.09 bits per heavy atom. The molecular formula is C7H14O3S. The summed E-state index contributed by atoms with van der Waals surface area (Å²) in [6.45, 7) is 3.55. The van der Waals surface area contributed by atoms with Crippen LogP contribution in [0.5, 0.6) is 0 Å². The molecule has 0 bridgehead atoms. The molecule has 11 heavy (non-hydrogen) atoms. The number of hydrogen-bond acceptors (Lipinski definition) is 2. The van der Waals surface area contributed by atoms with Crippen LogP contribution in [-0.4, -0.2) is 18.2 Å². The van der Waals surface area contributed by atoms with Crippen molar-refractivity contribution in [1.82, 2.24) is 0 Å². The van der Waals surface area contributed by atoms with Crippen LogP contribution in [-0.2, 0) is 10.1 Å². The smallest absolute Gasteiger partial charge is 0.268 e. The topological polar surface area (TPSA) is 54.4 Å². The predicted octanol–water partition coefficient (Wildman–Crippen LogP) is 1.62. The lowest BCUT2D eigenvalue weighted by molar-refractivity contribution is 0.464. The van der Waals surface area contributed by atoms with Gasteiger partial charge >= 0.3 is 0 Å². The molecule has 3 nitrogen and oxygen atoms in total. The van der Waals surface area contributed by atoms with Gasteiger partial charge in [0.1, 0.15) is 0 Å². The minimum atomic E-state index is -3.84. The quantitative estimate of drug-likeness (QED) is 0.525. The lowest BCUT2D eigenvalue weighted by Gasteiger charge is -2.07. The largest absolute Gasteiger partial charge is 0.285 e. The molecular weight excluding hydrogens is 164 g/mol. The van der Waals surface area contributed by atoms with E-state index in [4.69, 9.17) is 4.55 Å². The van der Waals surface area contributed by atoms with Gasteiger partial charge in [-0.15, -0.1) is 0 Å². The fraction of sp³-hybridized carbons (Fsp3) is 0.714. The molecule has 0 aliphatic rings. The van der Waals surface area contributed by atoms with E-state index >= 15 is 0 Å². The van der Waals surface area contributed by atoms with E-state index in [0.29, 0.717) is 12.8 Å². The van der Waals surface area contributed by atoms with Crippen molar-refractivity contribution in [3.05, 3.63) is 12.2 Å². The molecule has 0 rings (SSSR count). The van der Waals surface area contributed by atoms with Gasteiger partial charge < -0.3 is 0 Å². The second-order valence-electron chi connectivity index (χ2n) is 2.35. The Hall–Kier alpha value is -0.350. The van der Waals surface area contributed by atoms with Gasteiger partial charge in [0.05, 0.1) is 5.25 Å². The third-order valence-electron chi connectivity index (χ3n) is 1.51. The van der Waals surface area contributed by atoms with Crippen molar-refractivity contribution in [3.8, 4) is 0 Å². The highest BCUT2D eigenvalue weighted by atomic mass is 32.2. The molecule has 1 unspecified atom stereocenters. The van der Waals surface area contributed by atoms with Crippen LogP contribution in [0.3, 0.4) is 0 Å². The zero-order valence-electron chi connectivity index (χ0n) is 6.82. The average Bonchev–Trinajstić information content (AvgIpc) is 1.87. The van der Waals surface area contributed by atoms with Gasteiger partial charge in [0.15, 0.2) is 0 Å². The summed E-state index contributed by atoms with van der Waals surface area (Å²) in [7, 11) is -3.84. The fourth-order valence-corrected chi connectivity index (χ4v) is 1.56. The molecule has 0 spiro atoms. The van der Waals surface area contributed by atoms with Crippen molar-refractivity contribution in [1.29, 1.82) is 0 Å². The molecule has 0 aliphatic heterocycles. The molecule has 0 aliphatic carbocycles. The Morgan fingerprint density at radius 1 is 1.55 bits per heavy atom. The molecule has 0 amide bonds. The Labute approximate surface area is 67.9 Å². The standard InChI is InChI=1S/C7H14O3S/c1-3-5-6-7(4-2)11(8,9)10/h3,5,7H,4,6H2,1-2H3,(H,8,9,10)/b5-3+. The van der Waals surface area contributed by atoms with Crippen molar-refractivity contribution in [2.75, 3.05) is 0 Å². The zero-order valence-corrected chi connectivity index (χ0v) is 7.63. The highest BCUT2D eigenvalue weighted by Gasteiger charge is 2.18. The van der Waals surface area contributed by atoms with Gasteiger partial charge in [-0.1, -0.05) is 19.1 Å². The van der Waals surface area contributed by atoms with Crippen molar-refractivity contribution >= 4 is 10.1 Å². The maximum absolute atomic E-state index is 10.6. The second kappa shape index (κ2) is 4.51. The first-order valence-corrected chi connectivity index (χ1v) is 5.10. The van der Waals surface area contributed by atoms with Gasteiger partial charge in [-0.2, -0.15) is 8.42 Å². The molecule has 1 atom stereocenters. The summed E-state index contributed by atoms with van der Waals surface area (Å²) >= 11 is 0. The van der Waals surface area contributed by atoms with Crippen LogP contribution in [0, 0.1) is 0 Å². The minimum absolute atomic E-state index is 0.395. The van der Waals surface area contributed by atoms with Gasteiger partial charge in [0.25, 0.3) is 10.1 Å². The van der Waals surface area contributed by atoms with Crippen LogP contribution in [0.25, 0.3) is 0 Å². The maximum Gasteiger partial charge on any atom is 0.268 e. The molecule has 4 heteroatoms. The average molecular weight is 178 g/mol. The normalized spacial score (nSPS) is 15.5. The molecule has 0 radical (unpaired) electrons. The van der Waals surface area contributed by atoms with Crippen LogP contribution in [0.1, 0.15) is 26.7 Å². The lowest BCUT2D eigenvalue weighted by Crippen LogP contribution is -2.18. The predicted molar refractivity (Wildman–Crippen MR) is 45.1 cm³/mol. The summed E-state index contributed by atoms with van der Waals surface area (Å²) in [4.78, 5) is 0. The minimum Gasteiger partial charge on any atom is -0.285 e. The Balaban J connectivity index is 4.19. The van der Waals surface area contributed by atoms with E-state index in [9.17, 15) is 8.42 Å². The summed E-state index contributed by atoms with van der Waals surface area (Å²) < 4.78 is 29.8. The van der Waals surface area contributed by atoms with E-state index in [1.54, 1.807) is 19.1 Å². The summed E-state index contributed by atoms with van der Waals surface area (Å²) in [5, 5.41) is -0.640. The molecule has 0 saturated heterocycles. The Bertz CT molecular complexity index is 216. The molecule has 66 valence electrons. The first-order valence-electron chi connectivity index (χ1n) is 3.59. The van der Waals surface area contributed by atoms with Gasteiger partial charge in [-0.3, -0.25) is 4.55 Å². The fourth-order valence-electron chi connectivity index (χ4n) is 0.787. The highest BCUT2D eigenvalue weighted by molar-refractivity contribution is 7.86. The number of allylic oxidation sites excluding steroid dienone is 2.